The first-order valence-corrected chi connectivity index (χ1v) is 7.74. The summed E-state index contributed by atoms with van der Waals surface area (Å²) in [6.07, 6.45) is 0.310. The zero-order chi connectivity index (χ0) is 15.1. The molecule has 4 heteroatoms. The molecule has 112 valence electrons. The minimum absolute atomic E-state index is 0.473. The first-order valence-electron chi connectivity index (χ1n) is 6.95. The van der Waals surface area contributed by atoms with Gasteiger partial charge in [-0.05, 0) is 35.7 Å². The summed E-state index contributed by atoms with van der Waals surface area (Å²) in [4.78, 5) is 0. The van der Waals surface area contributed by atoms with Crippen LogP contribution in [0.2, 0.25) is 0 Å². The summed E-state index contributed by atoms with van der Waals surface area (Å²) in [5, 5.41) is 13.6. The van der Waals surface area contributed by atoms with Crippen molar-refractivity contribution < 1.29 is 9.84 Å². The molecule has 21 heavy (non-hydrogen) atoms. The van der Waals surface area contributed by atoms with Crippen LogP contribution in [0, 0.1) is 0 Å². The lowest BCUT2D eigenvalue weighted by Gasteiger charge is -2.16. The monoisotopic (exact) mass is 349 g/mol. The van der Waals surface area contributed by atoms with E-state index in [2.05, 4.69) is 27.3 Å². The molecule has 2 N–H and O–H groups in total. The fourth-order valence-electron chi connectivity index (χ4n) is 2.16. The van der Waals surface area contributed by atoms with E-state index in [1.54, 1.807) is 7.11 Å². The number of benzene rings is 2. The third-order valence-corrected chi connectivity index (χ3v) is 3.81. The van der Waals surface area contributed by atoms with E-state index in [9.17, 15) is 5.11 Å². The van der Waals surface area contributed by atoms with Gasteiger partial charge in [0.2, 0.25) is 0 Å². The van der Waals surface area contributed by atoms with Crippen LogP contribution in [0.15, 0.2) is 53.0 Å². The lowest BCUT2D eigenvalue weighted by atomic mass is 10.1. The molecule has 3 nitrogen and oxygen atoms in total. The highest BCUT2D eigenvalue weighted by Crippen LogP contribution is 2.20. The minimum atomic E-state index is -0.544. The summed E-state index contributed by atoms with van der Waals surface area (Å²) in [5.41, 5.74) is 3.13. The molecule has 0 saturated carbocycles. The molecule has 0 radical (unpaired) electrons. The molecule has 0 amide bonds. The lowest BCUT2D eigenvalue weighted by molar-refractivity contribution is 0.191. The quantitative estimate of drug-likeness (QED) is 0.799. The van der Waals surface area contributed by atoms with Gasteiger partial charge in [0.25, 0.3) is 0 Å². The fourth-order valence-corrected chi connectivity index (χ4v) is 2.58. The topological polar surface area (TPSA) is 41.5 Å². The number of methoxy groups -OCH3 is 1. The van der Waals surface area contributed by atoms with Gasteiger partial charge in [0.1, 0.15) is 0 Å². The second-order valence-electron chi connectivity index (χ2n) is 4.85. The zero-order valence-electron chi connectivity index (χ0n) is 12.1. The van der Waals surface area contributed by atoms with E-state index in [0.29, 0.717) is 13.2 Å². The van der Waals surface area contributed by atoms with Crippen LogP contribution in [-0.2, 0) is 11.2 Å². The molecule has 0 heterocycles. The smallest absolute Gasteiger partial charge is 0.0962 e. The molecule has 0 saturated heterocycles. The Kier molecular flexibility index (Phi) is 6.23. The summed E-state index contributed by atoms with van der Waals surface area (Å²) in [5.74, 6) is 0. The predicted octanol–water partition coefficient (Wildman–Crippen LogP) is 3.78. The average Bonchev–Trinajstić information content (AvgIpc) is 2.51. The van der Waals surface area contributed by atoms with E-state index in [0.717, 1.165) is 22.1 Å². The number of aliphatic hydroxyl groups excluding tert-OH is 1. The normalized spacial score (nSPS) is 12.1. The van der Waals surface area contributed by atoms with Crippen LogP contribution in [0.1, 0.15) is 17.2 Å². The van der Waals surface area contributed by atoms with Crippen LogP contribution in [0.25, 0.3) is 0 Å². The van der Waals surface area contributed by atoms with Crippen LogP contribution >= 0.6 is 15.9 Å². The number of aliphatic hydroxyl groups is 1. The van der Waals surface area contributed by atoms with Gasteiger partial charge in [0, 0.05) is 23.8 Å². The molecule has 0 bridgehead atoms. The van der Waals surface area contributed by atoms with Crippen molar-refractivity contribution in [1.29, 1.82) is 0 Å². The first-order chi connectivity index (χ1) is 10.2. The van der Waals surface area contributed by atoms with Crippen LogP contribution in [0.3, 0.4) is 0 Å². The van der Waals surface area contributed by atoms with E-state index in [-0.39, 0.29) is 0 Å². The van der Waals surface area contributed by atoms with Crippen molar-refractivity contribution in [2.45, 2.75) is 12.5 Å². The van der Waals surface area contributed by atoms with Crippen molar-refractivity contribution >= 4 is 21.6 Å². The minimum Gasteiger partial charge on any atom is -0.387 e. The molecule has 1 atom stereocenters. The summed E-state index contributed by atoms with van der Waals surface area (Å²) < 4.78 is 6.10. The molecule has 0 aliphatic rings. The van der Waals surface area contributed by atoms with Crippen molar-refractivity contribution in [1.82, 2.24) is 0 Å². The van der Waals surface area contributed by atoms with Crippen LogP contribution in [0.5, 0.6) is 0 Å². The molecular weight excluding hydrogens is 330 g/mol. The fraction of sp³-hybridized carbons (Fsp3) is 0.294. The van der Waals surface area contributed by atoms with E-state index in [1.807, 2.05) is 42.5 Å². The van der Waals surface area contributed by atoms with Crippen molar-refractivity contribution in [2.24, 2.45) is 0 Å². The van der Waals surface area contributed by atoms with Gasteiger partial charge >= 0.3 is 0 Å². The Balaban J connectivity index is 1.99. The molecule has 1 unspecified atom stereocenters. The van der Waals surface area contributed by atoms with Crippen LogP contribution in [-0.4, -0.2) is 25.4 Å². The molecule has 0 aromatic heterocycles. The van der Waals surface area contributed by atoms with Gasteiger partial charge in [-0.1, -0.05) is 46.3 Å². The maximum Gasteiger partial charge on any atom is 0.0962 e. The SMILES string of the molecule is COCCc1ccccc1NCC(O)c1cccc(Br)c1. The number of nitrogens with one attached hydrogen (secondary N) is 1. The third kappa shape index (κ3) is 4.84. The van der Waals surface area contributed by atoms with Crippen molar-refractivity contribution in [3.63, 3.8) is 0 Å². The van der Waals surface area contributed by atoms with Crippen molar-refractivity contribution in [2.75, 3.05) is 25.6 Å². The number of hydrogen-bond acceptors (Lipinski definition) is 3. The number of rotatable bonds is 7. The number of halogens is 1. The van der Waals surface area contributed by atoms with Crippen LogP contribution < -0.4 is 5.32 Å². The van der Waals surface area contributed by atoms with Crippen molar-refractivity contribution in [3.8, 4) is 0 Å². The van der Waals surface area contributed by atoms with E-state index >= 15 is 0 Å². The van der Waals surface area contributed by atoms with Crippen molar-refractivity contribution in [3.05, 3.63) is 64.1 Å². The highest BCUT2D eigenvalue weighted by Gasteiger charge is 2.09. The summed E-state index contributed by atoms with van der Waals surface area (Å²) >= 11 is 3.42. The summed E-state index contributed by atoms with van der Waals surface area (Å²) in [6.45, 7) is 1.16. The van der Waals surface area contributed by atoms with Gasteiger partial charge in [-0.2, -0.15) is 0 Å². The highest BCUT2D eigenvalue weighted by molar-refractivity contribution is 9.10. The predicted molar refractivity (Wildman–Crippen MR) is 89.6 cm³/mol. The maximum absolute atomic E-state index is 10.3. The second-order valence-corrected chi connectivity index (χ2v) is 5.77. The Morgan fingerprint density at radius 1 is 1.19 bits per heavy atom. The molecule has 2 rings (SSSR count). The van der Waals surface area contributed by atoms with Gasteiger partial charge in [0.15, 0.2) is 0 Å². The van der Waals surface area contributed by atoms with E-state index in [4.69, 9.17) is 4.74 Å². The van der Waals surface area contributed by atoms with E-state index < -0.39 is 6.10 Å². The lowest BCUT2D eigenvalue weighted by Crippen LogP contribution is -2.13. The van der Waals surface area contributed by atoms with Gasteiger partial charge in [-0.25, -0.2) is 0 Å². The first kappa shape index (κ1) is 16.0. The molecule has 2 aromatic rings. The Labute approximate surface area is 134 Å². The zero-order valence-corrected chi connectivity index (χ0v) is 13.6. The van der Waals surface area contributed by atoms with Gasteiger partial charge in [0.05, 0.1) is 12.7 Å². The van der Waals surface area contributed by atoms with Gasteiger partial charge in [-0.15, -0.1) is 0 Å². The number of ether oxygens (including phenoxy) is 1. The molecular formula is C17H20BrNO2. The highest BCUT2D eigenvalue weighted by atomic mass is 79.9. The molecule has 2 aromatic carbocycles. The Morgan fingerprint density at radius 3 is 2.76 bits per heavy atom. The molecule has 0 spiro atoms. The number of anilines is 1. The Hall–Kier alpha value is -1.36. The molecule has 0 aliphatic carbocycles. The average molecular weight is 350 g/mol. The summed E-state index contributed by atoms with van der Waals surface area (Å²) in [6, 6.07) is 15.8. The van der Waals surface area contributed by atoms with Crippen LogP contribution in [0.4, 0.5) is 5.69 Å². The van der Waals surface area contributed by atoms with E-state index in [1.165, 1.54) is 5.56 Å². The number of hydrogen-bond donors (Lipinski definition) is 2. The molecule has 0 aliphatic heterocycles. The standard InChI is InChI=1S/C17H20BrNO2/c1-21-10-9-13-5-2-3-8-16(13)19-12-17(20)14-6-4-7-15(18)11-14/h2-8,11,17,19-20H,9-10,12H2,1H3. The summed E-state index contributed by atoms with van der Waals surface area (Å²) in [7, 11) is 1.70. The van der Waals surface area contributed by atoms with Gasteiger partial charge < -0.3 is 15.2 Å². The molecule has 0 fully saturated rings. The Morgan fingerprint density at radius 2 is 2.00 bits per heavy atom. The second kappa shape index (κ2) is 8.17. The number of para-hydroxylation sites is 1. The Bertz CT molecular complexity index is 574. The maximum atomic E-state index is 10.3. The third-order valence-electron chi connectivity index (χ3n) is 3.31. The van der Waals surface area contributed by atoms with Gasteiger partial charge in [-0.3, -0.25) is 0 Å². The largest absolute Gasteiger partial charge is 0.387 e.